The van der Waals surface area contributed by atoms with Crippen LogP contribution in [-0.2, 0) is 19.6 Å². The summed E-state index contributed by atoms with van der Waals surface area (Å²) in [5.41, 5.74) is -0.115. The van der Waals surface area contributed by atoms with E-state index >= 15 is 0 Å². The summed E-state index contributed by atoms with van der Waals surface area (Å²) in [4.78, 5) is 23.5. The zero-order chi connectivity index (χ0) is 18.5. The van der Waals surface area contributed by atoms with Crippen LogP contribution in [0.25, 0.3) is 0 Å². The zero-order valence-electron chi connectivity index (χ0n) is 14.0. The number of nitrogens with zero attached hydrogens (tertiary/aromatic N) is 1. The summed E-state index contributed by atoms with van der Waals surface area (Å²) in [7, 11) is -0.959. The van der Waals surface area contributed by atoms with Crippen molar-refractivity contribution in [3.63, 3.8) is 0 Å². The fraction of sp³-hybridized carbons (Fsp3) is 0.467. The number of hydrogen-bond donors (Lipinski definition) is 1. The van der Waals surface area contributed by atoms with Crippen LogP contribution >= 0.6 is 11.6 Å². The first kappa shape index (κ1) is 20.4. The zero-order valence-corrected chi connectivity index (χ0v) is 15.6. The molecule has 7 nitrogen and oxygen atoms in total. The van der Waals surface area contributed by atoms with E-state index < -0.39 is 28.5 Å². The van der Waals surface area contributed by atoms with Crippen LogP contribution in [0.1, 0.15) is 24.2 Å². The van der Waals surface area contributed by atoms with E-state index in [1.54, 1.807) is 0 Å². The summed E-state index contributed by atoms with van der Waals surface area (Å²) >= 11 is 5.93. The maximum absolute atomic E-state index is 12.1. The van der Waals surface area contributed by atoms with Gasteiger partial charge in [0.05, 0.1) is 15.5 Å². The van der Waals surface area contributed by atoms with Crippen molar-refractivity contribution in [2.45, 2.75) is 18.7 Å². The van der Waals surface area contributed by atoms with Crippen molar-refractivity contribution in [2.75, 3.05) is 27.2 Å². The number of ether oxygens (including phenoxy) is 1. The van der Waals surface area contributed by atoms with E-state index in [4.69, 9.17) is 16.3 Å². The Labute approximate surface area is 147 Å². The highest BCUT2D eigenvalue weighted by molar-refractivity contribution is 7.89. The van der Waals surface area contributed by atoms with Gasteiger partial charge in [-0.15, -0.1) is 0 Å². The van der Waals surface area contributed by atoms with Crippen molar-refractivity contribution < 1.29 is 22.7 Å². The number of sulfonamides is 1. The third-order valence-corrected chi connectivity index (χ3v) is 5.12. The number of carbonyl (C=O) groups excluding carboxylic acids is 2. The Hall–Kier alpha value is -1.64. The van der Waals surface area contributed by atoms with Crippen LogP contribution in [0, 0.1) is 5.92 Å². The van der Waals surface area contributed by atoms with Gasteiger partial charge in [0.15, 0.2) is 6.61 Å². The van der Waals surface area contributed by atoms with Crippen LogP contribution in [0.4, 0.5) is 0 Å². The van der Waals surface area contributed by atoms with Crippen molar-refractivity contribution in [1.29, 1.82) is 0 Å². The van der Waals surface area contributed by atoms with Gasteiger partial charge in [-0.2, -0.15) is 0 Å². The molecule has 0 atom stereocenters. The molecule has 1 aromatic carbocycles. The monoisotopic (exact) mass is 376 g/mol. The minimum atomic E-state index is -3.71. The largest absolute Gasteiger partial charge is 0.452 e. The van der Waals surface area contributed by atoms with E-state index in [-0.39, 0.29) is 21.4 Å². The third kappa shape index (κ3) is 5.47. The molecular weight excluding hydrogens is 356 g/mol. The molecule has 1 rings (SSSR count). The molecule has 0 aliphatic rings. The van der Waals surface area contributed by atoms with Crippen molar-refractivity contribution >= 4 is 33.5 Å². The standard InChI is InChI=1S/C15H21ClN2O5S/c1-10(2)8-17-14(19)9-23-15(20)12-7-11(5-6-13(12)16)24(21,22)18(3)4/h5-7,10H,8-9H2,1-4H3,(H,17,19). The second-order valence-electron chi connectivity index (χ2n) is 5.70. The SMILES string of the molecule is CC(C)CNC(=O)COC(=O)c1cc(S(=O)(=O)N(C)C)ccc1Cl. The minimum Gasteiger partial charge on any atom is -0.452 e. The average Bonchev–Trinajstić information content (AvgIpc) is 2.50. The topological polar surface area (TPSA) is 92.8 Å². The summed E-state index contributed by atoms with van der Waals surface area (Å²) < 4.78 is 30.1. The predicted octanol–water partition coefficient (Wildman–Crippen LogP) is 1.52. The number of esters is 1. The molecule has 0 saturated heterocycles. The molecule has 1 amide bonds. The van der Waals surface area contributed by atoms with Gasteiger partial charge in [0, 0.05) is 20.6 Å². The number of amides is 1. The maximum atomic E-state index is 12.1. The molecule has 0 heterocycles. The van der Waals surface area contributed by atoms with Gasteiger partial charge in [0.25, 0.3) is 5.91 Å². The van der Waals surface area contributed by atoms with E-state index in [1.807, 2.05) is 13.8 Å². The Balaban J connectivity index is 2.86. The van der Waals surface area contributed by atoms with E-state index in [1.165, 1.54) is 26.2 Å². The molecule has 0 aliphatic heterocycles. The summed E-state index contributed by atoms with van der Waals surface area (Å²) in [5, 5.41) is 2.64. The molecule has 0 radical (unpaired) electrons. The Morgan fingerprint density at radius 2 is 1.92 bits per heavy atom. The lowest BCUT2D eigenvalue weighted by Gasteiger charge is -2.13. The first-order chi connectivity index (χ1) is 11.1. The molecule has 24 heavy (non-hydrogen) atoms. The molecule has 0 aromatic heterocycles. The third-order valence-electron chi connectivity index (χ3n) is 2.98. The Morgan fingerprint density at radius 1 is 1.29 bits per heavy atom. The van der Waals surface area contributed by atoms with E-state index in [2.05, 4.69) is 5.32 Å². The lowest BCUT2D eigenvalue weighted by molar-refractivity contribution is -0.124. The van der Waals surface area contributed by atoms with Gasteiger partial charge < -0.3 is 10.1 Å². The second kappa shape index (κ2) is 8.46. The molecule has 0 aliphatic carbocycles. The van der Waals surface area contributed by atoms with Gasteiger partial charge in [-0.05, 0) is 24.1 Å². The van der Waals surface area contributed by atoms with Gasteiger partial charge in [-0.3, -0.25) is 4.79 Å². The van der Waals surface area contributed by atoms with Gasteiger partial charge >= 0.3 is 5.97 Å². The maximum Gasteiger partial charge on any atom is 0.340 e. The smallest absolute Gasteiger partial charge is 0.340 e. The summed E-state index contributed by atoms with van der Waals surface area (Å²) in [6, 6.07) is 3.73. The molecular formula is C15H21ClN2O5S. The molecule has 0 unspecified atom stereocenters. The summed E-state index contributed by atoms with van der Waals surface area (Å²) in [6.07, 6.45) is 0. The van der Waals surface area contributed by atoms with Crippen molar-refractivity contribution in [2.24, 2.45) is 5.92 Å². The van der Waals surface area contributed by atoms with E-state index in [0.717, 1.165) is 10.4 Å². The fourth-order valence-corrected chi connectivity index (χ4v) is 2.73. The van der Waals surface area contributed by atoms with Crippen LogP contribution in [0.15, 0.2) is 23.1 Å². The lowest BCUT2D eigenvalue weighted by atomic mass is 10.2. The average molecular weight is 377 g/mol. The first-order valence-corrected chi connectivity index (χ1v) is 9.03. The number of nitrogens with one attached hydrogen (secondary N) is 1. The molecule has 1 N–H and O–H groups in total. The molecule has 9 heteroatoms. The summed E-state index contributed by atoms with van der Waals surface area (Å²) in [6.45, 7) is 3.87. The molecule has 0 saturated carbocycles. The van der Waals surface area contributed by atoms with E-state index in [9.17, 15) is 18.0 Å². The highest BCUT2D eigenvalue weighted by atomic mass is 35.5. The van der Waals surface area contributed by atoms with Gasteiger partial charge in [-0.25, -0.2) is 17.5 Å². The number of halogens is 1. The number of benzene rings is 1. The molecule has 134 valence electrons. The van der Waals surface area contributed by atoms with Crippen LogP contribution in [0.5, 0.6) is 0 Å². The second-order valence-corrected chi connectivity index (χ2v) is 8.26. The highest BCUT2D eigenvalue weighted by Crippen LogP contribution is 2.22. The highest BCUT2D eigenvalue weighted by Gasteiger charge is 2.21. The van der Waals surface area contributed by atoms with Gasteiger partial charge in [0.2, 0.25) is 10.0 Å². The van der Waals surface area contributed by atoms with Crippen molar-refractivity contribution in [1.82, 2.24) is 9.62 Å². The van der Waals surface area contributed by atoms with Crippen LogP contribution in [-0.4, -0.2) is 51.8 Å². The number of rotatable bonds is 7. The predicted molar refractivity (Wildman–Crippen MR) is 90.5 cm³/mol. The van der Waals surface area contributed by atoms with Crippen LogP contribution in [0.3, 0.4) is 0 Å². The summed E-state index contributed by atoms with van der Waals surface area (Å²) in [5.74, 6) is -1.03. The molecule has 1 aromatic rings. The molecule has 0 fully saturated rings. The van der Waals surface area contributed by atoms with E-state index in [0.29, 0.717) is 6.54 Å². The lowest BCUT2D eigenvalue weighted by Crippen LogP contribution is -2.31. The van der Waals surface area contributed by atoms with Crippen molar-refractivity contribution in [3.05, 3.63) is 28.8 Å². The quantitative estimate of drug-likeness (QED) is 0.728. The van der Waals surface area contributed by atoms with Crippen LogP contribution in [0.2, 0.25) is 5.02 Å². The normalized spacial score (nSPS) is 11.6. The molecule has 0 spiro atoms. The number of hydrogen-bond acceptors (Lipinski definition) is 5. The Morgan fingerprint density at radius 3 is 2.46 bits per heavy atom. The van der Waals surface area contributed by atoms with Gasteiger partial charge in [0.1, 0.15) is 0 Å². The first-order valence-electron chi connectivity index (χ1n) is 7.21. The van der Waals surface area contributed by atoms with Crippen molar-refractivity contribution in [3.8, 4) is 0 Å². The minimum absolute atomic E-state index is 0.0419. The van der Waals surface area contributed by atoms with Crippen LogP contribution < -0.4 is 5.32 Å². The number of carbonyl (C=O) groups is 2. The Bertz CT molecular complexity index is 717. The fourth-order valence-electron chi connectivity index (χ4n) is 1.61. The Kier molecular flexibility index (Phi) is 7.19. The van der Waals surface area contributed by atoms with Gasteiger partial charge in [-0.1, -0.05) is 25.4 Å². The molecule has 0 bridgehead atoms.